The van der Waals surface area contributed by atoms with Crippen molar-refractivity contribution < 1.29 is 14.3 Å². The van der Waals surface area contributed by atoms with E-state index in [1.54, 1.807) is 14.2 Å². The first kappa shape index (κ1) is 17.3. The van der Waals surface area contributed by atoms with Crippen LogP contribution < -0.4 is 9.47 Å². The minimum atomic E-state index is 0.0832. The van der Waals surface area contributed by atoms with Crippen LogP contribution in [0.15, 0.2) is 18.2 Å². The Labute approximate surface area is 148 Å². The third kappa shape index (κ3) is 3.34. The number of carbonyl (C=O) groups excluding carboxylic acids is 1. The zero-order valence-electron chi connectivity index (χ0n) is 15.3. The van der Waals surface area contributed by atoms with Gasteiger partial charge in [-0.3, -0.25) is 9.89 Å². The van der Waals surface area contributed by atoms with Crippen molar-refractivity contribution >= 4 is 5.91 Å². The molecule has 2 aromatic rings. The molecule has 1 N–H and O–H groups in total. The number of aryl methyl sites for hydroxylation is 2. The first-order chi connectivity index (χ1) is 12.0. The minimum absolute atomic E-state index is 0.0832. The summed E-state index contributed by atoms with van der Waals surface area (Å²) in [6, 6.07) is 5.98. The number of rotatable bonds is 5. The number of hydrogen-bond donors (Lipinski definition) is 1. The van der Waals surface area contributed by atoms with Crippen LogP contribution in [-0.2, 0) is 11.2 Å². The summed E-state index contributed by atoms with van der Waals surface area (Å²) in [5.74, 6) is 1.54. The van der Waals surface area contributed by atoms with Crippen molar-refractivity contribution in [2.75, 3.05) is 20.8 Å². The van der Waals surface area contributed by atoms with Crippen molar-refractivity contribution in [1.29, 1.82) is 0 Å². The van der Waals surface area contributed by atoms with Crippen molar-refractivity contribution in [2.45, 2.75) is 39.2 Å². The molecule has 0 bridgehead atoms. The number of nitrogens with zero attached hydrogens (tertiary/aromatic N) is 2. The average Bonchev–Trinajstić information content (AvgIpc) is 3.23. The van der Waals surface area contributed by atoms with Gasteiger partial charge >= 0.3 is 0 Å². The minimum Gasteiger partial charge on any atom is -0.493 e. The van der Waals surface area contributed by atoms with Crippen LogP contribution in [0.4, 0.5) is 0 Å². The van der Waals surface area contributed by atoms with Gasteiger partial charge in [-0.25, -0.2) is 0 Å². The van der Waals surface area contributed by atoms with E-state index in [9.17, 15) is 4.79 Å². The van der Waals surface area contributed by atoms with Crippen LogP contribution in [0.25, 0.3) is 0 Å². The van der Waals surface area contributed by atoms with Gasteiger partial charge in [0, 0.05) is 17.8 Å². The molecule has 6 nitrogen and oxygen atoms in total. The number of amides is 1. The Kier molecular flexibility index (Phi) is 4.97. The molecule has 134 valence electrons. The summed E-state index contributed by atoms with van der Waals surface area (Å²) in [5, 5.41) is 7.14. The molecule has 1 saturated heterocycles. The highest BCUT2D eigenvalue weighted by Crippen LogP contribution is 2.37. The molecule has 1 atom stereocenters. The fourth-order valence-corrected chi connectivity index (χ4v) is 3.56. The molecule has 1 aromatic heterocycles. The van der Waals surface area contributed by atoms with Gasteiger partial charge in [-0.15, -0.1) is 0 Å². The zero-order chi connectivity index (χ0) is 18.0. The summed E-state index contributed by atoms with van der Waals surface area (Å²) in [4.78, 5) is 14.9. The predicted octanol–water partition coefficient (Wildman–Crippen LogP) is 2.95. The number of carbonyl (C=O) groups is 1. The number of hydrogen-bond acceptors (Lipinski definition) is 4. The molecule has 0 saturated carbocycles. The average molecular weight is 343 g/mol. The maximum Gasteiger partial charge on any atom is 0.227 e. The van der Waals surface area contributed by atoms with Crippen LogP contribution >= 0.6 is 0 Å². The van der Waals surface area contributed by atoms with Crippen LogP contribution in [-0.4, -0.2) is 41.8 Å². The Morgan fingerprint density at radius 3 is 2.68 bits per heavy atom. The normalized spacial score (nSPS) is 17.0. The largest absolute Gasteiger partial charge is 0.493 e. The second kappa shape index (κ2) is 7.17. The molecule has 1 fully saturated rings. The first-order valence-electron chi connectivity index (χ1n) is 8.57. The topological polar surface area (TPSA) is 67.5 Å². The Morgan fingerprint density at radius 2 is 2.04 bits per heavy atom. The molecule has 1 amide bonds. The lowest BCUT2D eigenvalue weighted by molar-refractivity contribution is -0.131. The van der Waals surface area contributed by atoms with Gasteiger partial charge in [0.05, 0.1) is 32.4 Å². The van der Waals surface area contributed by atoms with Gasteiger partial charge in [0.25, 0.3) is 0 Å². The lowest BCUT2D eigenvalue weighted by atomic mass is 10.0. The lowest BCUT2D eigenvalue weighted by Gasteiger charge is -2.26. The third-order valence-electron chi connectivity index (χ3n) is 4.97. The van der Waals surface area contributed by atoms with Gasteiger partial charge < -0.3 is 14.4 Å². The van der Waals surface area contributed by atoms with Gasteiger partial charge in [0.2, 0.25) is 5.91 Å². The molecule has 1 aliphatic heterocycles. The van der Waals surface area contributed by atoms with Crippen molar-refractivity contribution in [2.24, 2.45) is 0 Å². The second-order valence-corrected chi connectivity index (χ2v) is 6.45. The Hall–Kier alpha value is -2.50. The van der Waals surface area contributed by atoms with Gasteiger partial charge in [-0.05, 0) is 44.4 Å². The zero-order valence-corrected chi connectivity index (χ0v) is 15.3. The van der Waals surface area contributed by atoms with E-state index in [-0.39, 0.29) is 11.9 Å². The summed E-state index contributed by atoms with van der Waals surface area (Å²) in [7, 11) is 3.25. The lowest BCUT2D eigenvalue weighted by Crippen LogP contribution is -2.32. The van der Waals surface area contributed by atoms with Gasteiger partial charge in [-0.1, -0.05) is 6.07 Å². The molecule has 1 aromatic carbocycles. The highest BCUT2D eigenvalue weighted by Gasteiger charge is 2.31. The molecule has 1 unspecified atom stereocenters. The van der Waals surface area contributed by atoms with E-state index in [2.05, 4.69) is 10.2 Å². The summed E-state index contributed by atoms with van der Waals surface area (Å²) >= 11 is 0. The molecule has 6 heteroatoms. The van der Waals surface area contributed by atoms with Crippen LogP contribution in [0.2, 0.25) is 0 Å². The van der Waals surface area contributed by atoms with E-state index in [0.717, 1.165) is 41.9 Å². The summed E-state index contributed by atoms with van der Waals surface area (Å²) in [5.41, 5.74) is 3.95. The summed E-state index contributed by atoms with van der Waals surface area (Å²) in [6.07, 6.45) is 2.36. The van der Waals surface area contributed by atoms with E-state index in [1.807, 2.05) is 36.9 Å². The van der Waals surface area contributed by atoms with E-state index >= 15 is 0 Å². The fraction of sp³-hybridized carbons (Fsp3) is 0.474. The molecule has 3 rings (SSSR count). The number of H-pyrrole nitrogens is 1. The standard InChI is InChI=1S/C19H25N3O3/c1-12-15(13(2)21-20-12)11-19(23)22-9-5-6-16(22)14-7-8-17(24-3)18(10-14)25-4/h7-8,10,16H,5-6,9,11H2,1-4H3,(H,20,21). The molecule has 0 spiro atoms. The number of ether oxygens (including phenoxy) is 2. The van der Waals surface area contributed by atoms with Gasteiger partial charge in [-0.2, -0.15) is 5.10 Å². The second-order valence-electron chi connectivity index (χ2n) is 6.45. The van der Waals surface area contributed by atoms with E-state index in [4.69, 9.17) is 9.47 Å². The van der Waals surface area contributed by atoms with Crippen LogP contribution in [0.5, 0.6) is 11.5 Å². The highest BCUT2D eigenvalue weighted by atomic mass is 16.5. The van der Waals surface area contributed by atoms with E-state index in [1.165, 1.54) is 0 Å². The van der Waals surface area contributed by atoms with Crippen LogP contribution in [0, 0.1) is 13.8 Å². The number of nitrogens with one attached hydrogen (secondary N) is 1. The predicted molar refractivity (Wildman–Crippen MR) is 95.0 cm³/mol. The fourth-order valence-electron chi connectivity index (χ4n) is 3.56. The Morgan fingerprint density at radius 1 is 1.28 bits per heavy atom. The molecule has 0 radical (unpaired) electrons. The molecular formula is C19H25N3O3. The smallest absolute Gasteiger partial charge is 0.227 e. The maximum absolute atomic E-state index is 12.9. The molecular weight excluding hydrogens is 318 g/mol. The van der Waals surface area contributed by atoms with Crippen molar-refractivity contribution in [1.82, 2.24) is 15.1 Å². The van der Waals surface area contributed by atoms with E-state index < -0.39 is 0 Å². The number of methoxy groups -OCH3 is 2. The molecule has 1 aliphatic rings. The molecule has 2 heterocycles. The first-order valence-corrected chi connectivity index (χ1v) is 8.57. The maximum atomic E-state index is 12.9. The van der Waals surface area contributed by atoms with Crippen LogP contribution in [0.3, 0.4) is 0 Å². The number of likely N-dealkylation sites (tertiary alicyclic amines) is 1. The highest BCUT2D eigenvalue weighted by molar-refractivity contribution is 5.80. The van der Waals surface area contributed by atoms with Gasteiger partial charge in [0.1, 0.15) is 0 Å². The third-order valence-corrected chi connectivity index (χ3v) is 4.97. The quantitative estimate of drug-likeness (QED) is 0.906. The Bertz CT molecular complexity index is 750. The monoisotopic (exact) mass is 343 g/mol. The number of aromatic nitrogens is 2. The summed E-state index contributed by atoms with van der Waals surface area (Å²) < 4.78 is 10.7. The van der Waals surface area contributed by atoms with Crippen LogP contribution in [0.1, 0.15) is 41.4 Å². The Balaban J connectivity index is 1.82. The number of aromatic amines is 1. The van der Waals surface area contributed by atoms with E-state index in [0.29, 0.717) is 17.9 Å². The van der Waals surface area contributed by atoms with Crippen molar-refractivity contribution in [3.63, 3.8) is 0 Å². The number of benzene rings is 1. The summed E-state index contributed by atoms with van der Waals surface area (Å²) in [6.45, 7) is 4.67. The van der Waals surface area contributed by atoms with Crippen molar-refractivity contribution in [3.8, 4) is 11.5 Å². The molecule has 25 heavy (non-hydrogen) atoms. The molecule has 0 aliphatic carbocycles. The van der Waals surface area contributed by atoms with Crippen molar-refractivity contribution in [3.05, 3.63) is 40.7 Å². The van der Waals surface area contributed by atoms with Gasteiger partial charge in [0.15, 0.2) is 11.5 Å². The SMILES string of the molecule is COc1ccc(C2CCCN2C(=O)Cc2c(C)n[nH]c2C)cc1OC.